The van der Waals surface area contributed by atoms with Gasteiger partial charge < -0.3 is 0 Å². The Balaban J connectivity index is 2.19. The summed E-state index contributed by atoms with van der Waals surface area (Å²) < 4.78 is 0. The lowest BCUT2D eigenvalue weighted by atomic mass is 10.0. The van der Waals surface area contributed by atoms with Crippen molar-refractivity contribution in [3.05, 3.63) is 40.9 Å². The van der Waals surface area contributed by atoms with Crippen LogP contribution in [0.5, 0.6) is 0 Å². The predicted molar refractivity (Wildman–Crippen MR) is 47.8 cm³/mol. The van der Waals surface area contributed by atoms with Crippen LogP contribution in [0.25, 0.3) is 0 Å². The van der Waals surface area contributed by atoms with Crippen molar-refractivity contribution in [3.63, 3.8) is 0 Å². The summed E-state index contributed by atoms with van der Waals surface area (Å²) in [7, 11) is 0. The molecule has 0 fully saturated rings. The Kier molecular flexibility index (Phi) is 1.86. The van der Waals surface area contributed by atoms with Gasteiger partial charge in [-0.1, -0.05) is 24.3 Å². The second-order valence-electron chi connectivity index (χ2n) is 2.53. The number of rotatable bonds is 1. The van der Waals surface area contributed by atoms with E-state index in [0.29, 0.717) is 5.92 Å². The summed E-state index contributed by atoms with van der Waals surface area (Å²) in [6, 6.07) is 0. The number of nitrogens with zero attached hydrogens (tertiary/aromatic N) is 1. The van der Waals surface area contributed by atoms with Crippen LogP contribution in [0, 0.1) is 0 Å². The van der Waals surface area contributed by atoms with E-state index < -0.39 is 0 Å². The van der Waals surface area contributed by atoms with Crippen LogP contribution in [0.3, 0.4) is 0 Å². The highest BCUT2D eigenvalue weighted by atomic mass is 32.1. The minimum Gasteiger partial charge on any atom is -0.249 e. The van der Waals surface area contributed by atoms with Crippen molar-refractivity contribution in [1.82, 2.24) is 4.98 Å². The van der Waals surface area contributed by atoms with Crippen LogP contribution in [-0.2, 0) is 0 Å². The zero-order valence-corrected chi connectivity index (χ0v) is 6.92. The highest BCUT2D eigenvalue weighted by Gasteiger charge is 2.09. The van der Waals surface area contributed by atoms with Gasteiger partial charge in [0.05, 0.1) is 5.01 Å². The summed E-state index contributed by atoms with van der Waals surface area (Å²) in [5, 5.41) is 3.26. The Labute approximate surface area is 70.1 Å². The van der Waals surface area contributed by atoms with Crippen molar-refractivity contribution in [2.45, 2.75) is 12.3 Å². The smallest absolute Gasteiger partial charge is 0.0996 e. The first-order chi connectivity index (χ1) is 5.47. The van der Waals surface area contributed by atoms with Crippen molar-refractivity contribution in [3.8, 4) is 0 Å². The number of thiazole rings is 1. The van der Waals surface area contributed by atoms with Gasteiger partial charge in [0.15, 0.2) is 0 Å². The summed E-state index contributed by atoms with van der Waals surface area (Å²) in [4.78, 5) is 4.27. The van der Waals surface area contributed by atoms with Crippen LogP contribution in [0.4, 0.5) is 0 Å². The fraction of sp³-hybridized carbons (Fsp3) is 0.222. The molecule has 1 aliphatic rings. The first-order valence-electron chi connectivity index (χ1n) is 3.69. The van der Waals surface area contributed by atoms with E-state index in [9.17, 15) is 0 Å². The lowest BCUT2D eigenvalue weighted by molar-refractivity contribution is 0.842. The molecule has 1 aromatic heterocycles. The first kappa shape index (κ1) is 6.80. The average Bonchev–Trinajstić information content (AvgIpc) is 2.58. The molecule has 0 N–H and O–H groups in total. The van der Waals surface area contributed by atoms with E-state index in [0.717, 1.165) is 6.42 Å². The lowest BCUT2D eigenvalue weighted by Gasteiger charge is -2.08. The molecule has 1 atom stereocenters. The first-order valence-corrected chi connectivity index (χ1v) is 4.57. The van der Waals surface area contributed by atoms with E-state index in [1.807, 2.05) is 11.6 Å². The van der Waals surface area contributed by atoms with Gasteiger partial charge in [-0.25, -0.2) is 4.98 Å². The van der Waals surface area contributed by atoms with Crippen LogP contribution in [0.1, 0.15) is 17.3 Å². The second kappa shape index (κ2) is 3.01. The van der Waals surface area contributed by atoms with Gasteiger partial charge >= 0.3 is 0 Å². The summed E-state index contributed by atoms with van der Waals surface area (Å²) in [5.41, 5.74) is 0. The SMILES string of the molecule is C1=CCC(c2nccs2)C=C1. The van der Waals surface area contributed by atoms with E-state index in [1.54, 1.807) is 11.3 Å². The molecular formula is C9H9NS. The van der Waals surface area contributed by atoms with Crippen LogP contribution in [0.2, 0.25) is 0 Å². The van der Waals surface area contributed by atoms with E-state index in [1.165, 1.54) is 5.01 Å². The van der Waals surface area contributed by atoms with E-state index >= 15 is 0 Å². The van der Waals surface area contributed by atoms with Gasteiger partial charge in [0.1, 0.15) is 0 Å². The summed E-state index contributed by atoms with van der Waals surface area (Å²) in [5.74, 6) is 0.528. The quantitative estimate of drug-likeness (QED) is 0.620. The van der Waals surface area contributed by atoms with E-state index in [4.69, 9.17) is 0 Å². The van der Waals surface area contributed by atoms with Gasteiger partial charge in [-0.3, -0.25) is 0 Å². The Morgan fingerprint density at radius 2 is 2.45 bits per heavy atom. The van der Waals surface area contributed by atoms with Crippen LogP contribution < -0.4 is 0 Å². The number of aromatic nitrogens is 1. The molecule has 0 saturated heterocycles. The molecule has 1 aromatic rings. The molecule has 1 aliphatic carbocycles. The molecule has 0 spiro atoms. The number of hydrogen-bond acceptors (Lipinski definition) is 2. The second-order valence-corrected chi connectivity index (χ2v) is 3.45. The van der Waals surface area contributed by atoms with Gasteiger partial charge in [-0.15, -0.1) is 11.3 Å². The van der Waals surface area contributed by atoms with Crippen molar-refractivity contribution in [2.75, 3.05) is 0 Å². The molecule has 1 heterocycles. The Hall–Kier alpha value is -0.890. The largest absolute Gasteiger partial charge is 0.249 e. The summed E-state index contributed by atoms with van der Waals surface area (Å²) in [6.07, 6.45) is 11.5. The Morgan fingerprint density at radius 1 is 1.45 bits per heavy atom. The van der Waals surface area contributed by atoms with Crippen molar-refractivity contribution in [2.24, 2.45) is 0 Å². The maximum atomic E-state index is 4.27. The Bertz CT molecular complexity index is 272. The predicted octanol–water partition coefficient (Wildman–Crippen LogP) is 2.74. The highest BCUT2D eigenvalue weighted by Crippen LogP contribution is 2.25. The van der Waals surface area contributed by atoms with Crippen LogP contribution in [0.15, 0.2) is 35.9 Å². The number of hydrogen-bond donors (Lipinski definition) is 0. The summed E-state index contributed by atoms with van der Waals surface area (Å²) in [6.45, 7) is 0. The maximum Gasteiger partial charge on any atom is 0.0996 e. The standard InChI is InChI=1S/C9H9NS/c1-2-4-8(5-3-1)9-10-6-7-11-9/h1-4,6-8H,5H2. The highest BCUT2D eigenvalue weighted by molar-refractivity contribution is 7.09. The molecule has 0 saturated carbocycles. The maximum absolute atomic E-state index is 4.27. The molecular weight excluding hydrogens is 154 g/mol. The molecule has 0 bridgehead atoms. The fourth-order valence-electron chi connectivity index (χ4n) is 1.18. The van der Waals surface area contributed by atoms with E-state index in [-0.39, 0.29) is 0 Å². The van der Waals surface area contributed by atoms with Crippen molar-refractivity contribution in [1.29, 1.82) is 0 Å². The zero-order chi connectivity index (χ0) is 7.52. The minimum atomic E-state index is 0.528. The normalized spacial score (nSPS) is 22.4. The van der Waals surface area contributed by atoms with Crippen LogP contribution >= 0.6 is 11.3 Å². The molecule has 1 unspecified atom stereocenters. The molecule has 56 valence electrons. The van der Waals surface area contributed by atoms with Crippen LogP contribution in [-0.4, -0.2) is 4.98 Å². The van der Waals surface area contributed by atoms with Gasteiger partial charge in [-0.2, -0.15) is 0 Å². The minimum absolute atomic E-state index is 0.528. The van der Waals surface area contributed by atoms with Crippen molar-refractivity contribution >= 4 is 11.3 Å². The molecule has 0 aromatic carbocycles. The molecule has 2 rings (SSSR count). The van der Waals surface area contributed by atoms with Crippen molar-refractivity contribution < 1.29 is 0 Å². The molecule has 0 radical (unpaired) electrons. The third kappa shape index (κ3) is 1.40. The zero-order valence-electron chi connectivity index (χ0n) is 6.10. The molecule has 0 amide bonds. The molecule has 2 heteroatoms. The molecule has 1 nitrogen and oxygen atoms in total. The fourth-order valence-corrected chi connectivity index (χ4v) is 1.91. The monoisotopic (exact) mass is 163 g/mol. The van der Waals surface area contributed by atoms with Gasteiger partial charge in [0.25, 0.3) is 0 Å². The summed E-state index contributed by atoms with van der Waals surface area (Å²) >= 11 is 1.73. The number of allylic oxidation sites excluding steroid dienone is 4. The lowest BCUT2D eigenvalue weighted by Crippen LogP contribution is -1.94. The van der Waals surface area contributed by atoms with Gasteiger partial charge in [0.2, 0.25) is 0 Å². The Morgan fingerprint density at radius 3 is 3.09 bits per heavy atom. The molecule has 0 aliphatic heterocycles. The molecule has 11 heavy (non-hydrogen) atoms. The average molecular weight is 163 g/mol. The van der Waals surface area contributed by atoms with Gasteiger partial charge in [-0.05, 0) is 6.42 Å². The topological polar surface area (TPSA) is 12.9 Å². The van der Waals surface area contributed by atoms with Gasteiger partial charge in [0, 0.05) is 17.5 Å². The third-order valence-electron chi connectivity index (χ3n) is 1.75. The third-order valence-corrected chi connectivity index (χ3v) is 2.66. The van der Waals surface area contributed by atoms with E-state index in [2.05, 4.69) is 29.3 Å².